The molecule has 0 bridgehead atoms. The maximum atomic E-state index is 11.9. The van der Waals surface area contributed by atoms with E-state index in [2.05, 4.69) is 12.2 Å². The third-order valence-electron chi connectivity index (χ3n) is 2.92. The van der Waals surface area contributed by atoms with Gasteiger partial charge in [0.2, 0.25) is 10.0 Å². The van der Waals surface area contributed by atoms with Crippen molar-refractivity contribution in [2.75, 3.05) is 31.9 Å². The van der Waals surface area contributed by atoms with Crippen molar-refractivity contribution < 1.29 is 8.42 Å². The molecule has 0 radical (unpaired) electrons. The maximum Gasteiger partial charge on any atom is 0.215 e. The van der Waals surface area contributed by atoms with Crippen molar-refractivity contribution in [2.24, 2.45) is 5.92 Å². The molecule has 1 saturated heterocycles. The average Bonchev–Trinajstić information content (AvgIpc) is 2.18. The Kier molecular flexibility index (Phi) is 5.02. The van der Waals surface area contributed by atoms with E-state index in [9.17, 15) is 8.42 Å². The number of hydrogen-bond donors (Lipinski definition) is 1. The fraction of sp³-hybridized carbons (Fsp3) is 1.00. The van der Waals surface area contributed by atoms with E-state index in [1.54, 1.807) is 4.31 Å². The van der Waals surface area contributed by atoms with Crippen LogP contribution in [0.4, 0.5) is 0 Å². The first-order valence-corrected chi connectivity index (χ1v) is 7.35. The molecule has 1 rings (SSSR count). The quantitative estimate of drug-likeness (QED) is 0.711. The van der Waals surface area contributed by atoms with Crippen LogP contribution in [0, 0.1) is 5.92 Å². The summed E-state index contributed by atoms with van der Waals surface area (Å²) in [5.41, 5.74) is 0. The Balaban J connectivity index is 2.40. The van der Waals surface area contributed by atoms with Crippen molar-refractivity contribution in [1.82, 2.24) is 9.62 Å². The van der Waals surface area contributed by atoms with Crippen LogP contribution >= 0.6 is 0 Å². The zero-order chi connectivity index (χ0) is 11.3. The van der Waals surface area contributed by atoms with Gasteiger partial charge >= 0.3 is 0 Å². The molecule has 1 N–H and O–H groups in total. The minimum Gasteiger partial charge on any atom is -0.316 e. The lowest BCUT2D eigenvalue weighted by Crippen LogP contribution is -2.41. The van der Waals surface area contributed by atoms with E-state index in [1.165, 1.54) is 0 Å². The molecule has 0 aliphatic carbocycles. The Labute approximate surface area is 93.1 Å². The van der Waals surface area contributed by atoms with Gasteiger partial charge in [0.25, 0.3) is 0 Å². The molecular formula is C10H22N2O2S. The number of nitrogens with one attached hydrogen (secondary N) is 1. The highest BCUT2D eigenvalue weighted by molar-refractivity contribution is 7.89. The van der Waals surface area contributed by atoms with Gasteiger partial charge < -0.3 is 5.32 Å². The van der Waals surface area contributed by atoms with Crippen molar-refractivity contribution in [3.05, 3.63) is 0 Å². The fourth-order valence-electron chi connectivity index (χ4n) is 1.77. The van der Waals surface area contributed by atoms with E-state index >= 15 is 0 Å². The molecule has 0 atom stereocenters. The highest BCUT2D eigenvalue weighted by atomic mass is 32.2. The molecule has 0 saturated carbocycles. The van der Waals surface area contributed by atoms with Gasteiger partial charge in [0, 0.05) is 19.6 Å². The molecule has 1 heterocycles. The van der Waals surface area contributed by atoms with E-state index in [0.29, 0.717) is 25.6 Å². The highest BCUT2D eigenvalue weighted by Gasteiger charge is 2.25. The second-order valence-electron chi connectivity index (χ2n) is 4.25. The molecule has 1 aliphatic heterocycles. The molecule has 1 aliphatic rings. The number of rotatable bonds is 5. The minimum atomic E-state index is -3.01. The van der Waals surface area contributed by atoms with Crippen LogP contribution in [0.5, 0.6) is 0 Å². The first kappa shape index (κ1) is 12.9. The molecule has 0 spiro atoms. The molecule has 0 unspecified atom stereocenters. The van der Waals surface area contributed by atoms with Crippen molar-refractivity contribution in [1.29, 1.82) is 0 Å². The second kappa shape index (κ2) is 5.82. The predicted octanol–water partition coefficient (Wildman–Crippen LogP) is 0.658. The lowest BCUT2D eigenvalue weighted by Gasteiger charge is -2.29. The Morgan fingerprint density at radius 2 is 1.93 bits per heavy atom. The van der Waals surface area contributed by atoms with Crippen molar-refractivity contribution >= 4 is 10.0 Å². The molecule has 4 nitrogen and oxygen atoms in total. The molecule has 0 aromatic heterocycles. The summed E-state index contributed by atoms with van der Waals surface area (Å²) in [6.45, 7) is 6.96. The topological polar surface area (TPSA) is 49.4 Å². The van der Waals surface area contributed by atoms with Crippen LogP contribution in [0.3, 0.4) is 0 Å². The van der Waals surface area contributed by atoms with E-state index < -0.39 is 10.0 Å². The van der Waals surface area contributed by atoms with Gasteiger partial charge in [-0.2, -0.15) is 0 Å². The Morgan fingerprint density at radius 3 is 2.47 bits per heavy atom. The van der Waals surface area contributed by atoms with Crippen LogP contribution in [0.15, 0.2) is 0 Å². The first-order valence-electron chi connectivity index (χ1n) is 5.75. The average molecular weight is 234 g/mol. The monoisotopic (exact) mass is 234 g/mol. The van der Waals surface area contributed by atoms with E-state index in [1.807, 2.05) is 6.92 Å². The summed E-state index contributed by atoms with van der Waals surface area (Å²) in [7, 11) is -3.01. The standard InChI is InChI=1S/C10H22N2O2S/c1-3-11-6-9-15(13,14)12-7-4-10(2)5-8-12/h10-11H,3-9H2,1-2H3. The Morgan fingerprint density at radius 1 is 1.33 bits per heavy atom. The number of hydrogen-bond acceptors (Lipinski definition) is 3. The summed E-state index contributed by atoms with van der Waals surface area (Å²) in [6.07, 6.45) is 2.00. The lowest BCUT2D eigenvalue weighted by atomic mass is 10.0. The second-order valence-corrected chi connectivity index (χ2v) is 6.34. The Hall–Kier alpha value is -0.130. The lowest BCUT2D eigenvalue weighted by molar-refractivity contribution is 0.288. The molecular weight excluding hydrogens is 212 g/mol. The van der Waals surface area contributed by atoms with Gasteiger partial charge in [-0.05, 0) is 25.3 Å². The largest absolute Gasteiger partial charge is 0.316 e. The summed E-state index contributed by atoms with van der Waals surface area (Å²) < 4.78 is 25.3. The first-order chi connectivity index (χ1) is 7.06. The number of nitrogens with zero attached hydrogens (tertiary/aromatic N) is 1. The molecule has 5 heteroatoms. The normalized spacial score (nSPS) is 20.7. The summed E-state index contributed by atoms with van der Waals surface area (Å²) in [4.78, 5) is 0. The molecule has 0 aromatic rings. The van der Waals surface area contributed by atoms with Crippen LogP contribution in [0.25, 0.3) is 0 Å². The minimum absolute atomic E-state index is 0.231. The zero-order valence-corrected chi connectivity index (χ0v) is 10.5. The number of piperidine rings is 1. The third-order valence-corrected chi connectivity index (χ3v) is 4.79. The Bertz CT molecular complexity index is 269. The van der Waals surface area contributed by atoms with Gasteiger partial charge in [-0.3, -0.25) is 0 Å². The van der Waals surface area contributed by atoms with E-state index in [-0.39, 0.29) is 5.75 Å². The van der Waals surface area contributed by atoms with Crippen LogP contribution in [0.2, 0.25) is 0 Å². The molecule has 0 amide bonds. The van der Waals surface area contributed by atoms with Crippen LogP contribution < -0.4 is 5.32 Å². The van der Waals surface area contributed by atoms with Crippen LogP contribution in [-0.2, 0) is 10.0 Å². The zero-order valence-electron chi connectivity index (χ0n) is 9.70. The predicted molar refractivity (Wildman–Crippen MR) is 62.3 cm³/mol. The molecule has 0 aromatic carbocycles. The van der Waals surface area contributed by atoms with Gasteiger partial charge in [-0.15, -0.1) is 0 Å². The van der Waals surface area contributed by atoms with Crippen LogP contribution in [-0.4, -0.2) is 44.7 Å². The van der Waals surface area contributed by atoms with Gasteiger partial charge in [0.05, 0.1) is 5.75 Å². The summed E-state index contributed by atoms with van der Waals surface area (Å²) in [5, 5.41) is 3.05. The maximum absolute atomic E-state index is 11.9. The SMILES string of the molecule is CCNCCS(=O)(=O)N1CCC(C)CC1. The van der Waals surface area contributed by atoms with Gasteiger partial charge in [0.15, 0.2) is 0 Å². The van der Waals surface area contributed by atoms with Gasteiger partial charge in [-0.25, -0.2) is 12.7 Å². The highest BCUT2D eigenvalue weighted by Crippen LogP contribution is 2.18. The van der Waals surface area contributed by atoms with E-state index in [4.69, 9.17) is 0 Å². The number of sulfonamides is 1. The van der Waals surface area contributed by atoms with E-state index in [0.717, 1.165) is 19.4 Å². The summed E-state index contributed by atoms with van der Waals surface area (Å²) >= 11 is 0. The summed E-state index contributed by atoms with van der Waals surface area (Å²) in [6, 6.07) is 0. The van der Waals surface area contributed by atoms with Crippen LogP contribution in [0.1, 0.15) is 26.7 Å². The van der Waals surface area contributed by atoms with Gasteiger partial charge in [0.1, 0.15) is 0 Å². The smallest absolute Gasteiger partial charge is 0.215 e. The van der Waals surface area contributed by atoms with Crippen molar-refractivity contribution in [3.8, 4) is 0 Å². The van der Waals surface area contributed by atoms with Gasteiger partial charge in [-0.1, -0.05) is 13.8 Å². The summed E-state index contributed by atoms with van der Waals surface area (Å²) in [5.74, 6) is 0.903. The fourth-order valence-corrected chi connectivity index (χ4v) is 3.20. The molecule has 15 heavy (non-hydrogen) atoms. The molecule has 1 fully saturated rings. The van der Waals surface area contributed by atoms with Crippen molar-refractivity contribution in [2.45, 2.75) is 26.7 Å². The van der Waals surface area contributed by atoms with Crippen molar-refractivity contribution in [3.63, 3.8) is 0 Å². The third kappa shape index (κ3) is 4.09. The molecule has 90 valence electrons.